The summed E-state index contributed by atoms with van der Waals surface area (Å²) in [6, 6.07) is 14.2. The number of benzene rings is 2. The van der Waals surface area contributed by atoms with Gasteiger partial charge in [-0.3, -0.25) is 9.69 Å². The number of carbonyl (C=O) groups excluding carboxylic acids is 2. The third kappa shape index (κ3) is 4.65. The van der Waals surface area contributed by atoms with E-state index in [2.05, 4.69) is 15.6 Å². The molecule has 7 nitrogen and oxygen atoms in total. The van der Waals surface area contributed by atoms with Crippen LogP contribution in [-0.4, -0.2) is 46.1 Å². The molecule has 2 heterocycles. The summed E-state index contributed by atoms with van der Waals surface area (Å²) < 4.78 is 2.03. The number of carbonyl (C=O) groups is 2. The largest absolute Gasteiger partial charge is 0.350 e. The quantitative estimate of drug-likeness (QED) is 0.567. The van der Waals surface area contributed by atoms with Crippen molar-refractivity contribution in [2.24, 2.45) is 0 Å². The molecule has 1 atom stereocenters. The van der Waals surface area contributed by atoms with Gasteiger partial charge in [0, 0.05) is 24.7 Å². The minimum atomic E-state index is -0.638. The van der Waals surface area contributed by atoms with Gasteiger partial charge in [-0.25, -0.2) is 9.78 Å². The van der Waals surface area contributed by atoms with Crippen LogP contribution in [0.4, 0.5) is 10.7 Å². The number of hydrogen-bond acceptors (Lipinski definition) is 4. The summed E-state index contributed by atoms with van der Waals surface area (Å²) in [4.78, 5) is 32.1. The molecule has 4 rings (SSSR count). The number of aromatic nitrogens is 2. The highest BCUT2D eigenvalue weighted by molar-refractivity contribution is 7.98. The van der Waals surface area contributed by atoms with E-state index in [1.807, 2.05) is 53.3 Å². The lowest BCUT2D eigenvalue weighted by Gasteiger charge is -2.22. The number of urea groups is 1. The number of fused-ring (bicyclic) bond motifs is 3. The molecule has 2 aromatic carbocycles. The highest BCUT2D eigenvalue weighted by Gasteiger charge is 2.31. The molecule has 1 aromatic heterocycles. The SMILES string of the molecule is CSCC[C@H](NC(=O)N1CCn2c1nc1ccccc12)C(=O)NCc1ccccc1Cl. The first kappa shape index (κ1) is 21.5. The van der Waals surface area contributed by atoms with Crippen molar-refractivity contribution in [2.75, 3.05) is 23.5 Å². The third-order valence-electron chi connectivity index (χ3n) is 5.30. The molecule has 162 valence electrons. The number of nitrogens with zero attached hydrogens (tertiary/aromatic N) is 3. The predicted octanol–water partition coefficient (Wildman–Crippen LogP) is 3.66. The van der Waals surface area contributed by atoms with Crippen LogP contribution in [0.1, 0.15) is 12.0 Å². The Hall–Kier alpha value is -2.71. The molecule has 31 heavy (non-hydrogen) atoms. The number of imidazole rings is 1. The van der Waals surface area contributed by atoms with Gasteiger partial charge >= 0.3 is 6.03 Å². The Bertz CT molecular complexity index is 1100. The van der Waals surface area contributed by atoms with E-state index in [4.69, 9.17) is 11.6 Å². The van der Waals surface area contributed by atoms with Crippen molar-refractivity contribution in [2.45, 2.75) is 25.6 Å². The van der Waals surface area contributed by atoms with E-state index in [0.717, 1.165) is 22.3 Å². The molecular formula is C22H24ClN5O2S. The minimum Gasteiger partial charge on any atom is -0.350 e. The molecule has 0 aliphatic carbocycles. The molecule has 0 radical (unpaired) electrons. The number of hydrogen-bond donors (Lipinski definition) is 2. The molecule has 0 fully saturated rings. The van der Waals surface area contributed by atoms with E-state index < -0.39 is 6.04 Å². The van der Waals surface area contributed by atoms with Crippen LogP contribution in [0.15, 0.2) is 48.5 Å². The molecule has 1 aliphatic heterocycles. The lowest BCUT2D eigenvalue weighted by atomic mass is 10.2. The Morgan fingerprint density at radius 1 is 1.16 bits per heavy atom. The topological polar surface area (TPSA) is 79.3 Å². The van der Waals surface area contributed by atoms with Gasteiger partial charge in [0.25, 0.3) is 0 Å². The van der Waals surface area contributed by atoms with E-state index in [9.17, 15) is 9.59 Å². The van der Waals surface area contributed by atoms with Gasteiger partial charge in [-0.2, -0.15) is 11.8 Å². The lowest BCUT2D eigenvalue weighted by Crippen LogP contribution is -2.51. The maximum Gasteiger partial charge on any atom is 0.324 e. The Morgan fingerprint density at radius 2 is 1.94 bits per heavy atom. The molecule has 0 spiro atoms. The zero-order chi connectivity index (χ0) is 21.8. The Labute approximate surface area is 190 Å². The molecular weight excluding hydrogens is 434 g/mol. The van der Waals surface area contributed by atoms with E-state index in [-0.39, 0.29) is 11.9 Å². The van der Waals surface area contributed by atoms with E-state index in [1.54, 1.807) is 22.7 Å². The second kappa shape index (κ2) is 9.62. The summed E-state index contributed by atoms with van der Waals surface area (Å²) in [6.45, 7) is 1.51. The Kier molecular flexibility index (Phi) is 6.67. The van der Waals surface area contributed by atoms with Gasteiger partial charge in [0.15, 0.2) is 0 Å². The zero-order valence-electron chi connectivity index (χ0n) is 17.2. The molecule has 9 heteroatoms. The second-order valence-corrected chi connectivity index (χ2v) is 8.69. The van der Waals surface area contributed by atoms with Gasteiger partial charge in [-0.15, -0.1) is 0 Å². The highest BCUT2D eigenvalue weighted by Crippen LogP contribution is 2.27. The molecule has 3 aromatic rings. The fourth-order valence-electron chi connectivity index (χ4n) is 3.66. The zero-order valence-corrected chi connectivity index (χ0v) is 18.7. The Balaban J connectivity index is 1.45. The predicted molar refractivity (Wildman–Crippen MR) is 126 cm³/mol. The number of anilines is 1. The van der Waals surface area contributed by atoms with Crippen LogP contribution in [0.25, 0.3) is 11.0 Å². The summed E-state index contributed by atoms with van der Waals surface area (Å²) in [5, 5.41) is 6.40. The van der Waals surface area contributed by atoms with Crippen LogP contribution in [0, 0.1) is 0 Å². The maximum atomic E-state index is 13.0. The van der Waals surface area contributed by atoms with Gasteiger partial charge in [-0.05, 0) is 42.2 Å². The number of halogens is 1. The first-order chi connectivity index (χ1) is 15.1. The number of nitrogens with one attached hydrogen (secondary N) is 2. The molecule has 3 amide bonds. The normalized spacial score (nSPS) is 13.8. The number of thioether (sulfide) groups is 1. The number of amides is 3. The smallest absolute Gasteiger partial charge is 0.324 e. The van der Waals surface area contributed by atoms with E-state index in [0.29, 0.717) is 37.0 Å². The monoisotopic (exact) mass is 457 g/mol. The average molecular weight is 458 g/mol. The van der Waals surface area contributed by atoms with Crippen molar-refractivity contribution >= 4 is 52.3 Å². The van der Waals surface area contributed by atoms with E-state index in [1.165, 1.54) is 0 Å². The van der Waals surface area contributed by atoms with Crippen molar-refractivity contribution in [3.05, 3.63) is 59.1 Å². The standard InChI is InChI=1S/C22H24ClN5O2S/c1-31-13-10-18(20(29)24-14-15-6-2-3-7-16(15)23)26-22(30)28-12-11-27-19-9-5-4-8-17(19)25-21(27)28/h2-9,18H,10-14H2,1H3,(H,24,29)(H,26,30)/t18-/m0/s1. The first-order valence-electron chi connectivity index (χ1n) is 10.1. The van der Waals surface area contributed by atoms with Gasteiger partial charge in [0.05, 0.1) is 11.0 Å². The average Bonchev–Trinajstić information content (AvgIpc) is 3.35. The molecule has 1 aliphatic rings. The Morgan fingerprint density at radius 3 is 2.74 bits per heavy atom. The van der Waals surface area contributed by atoms with Crippen molar-refractivity contribution in [3.8, 4) is 0 Å². The number of para-hydroxylation sites is 2. The summed E-state index contributed by atoms with van der Waals surface area (Å²) in [6.07, 6.45) is 2.51. The van der Waals surface area contributed by atoms with Gasteiger partial charge < -0.3 is 15.2 Å². The molecule has 0 unspecified atom stereocenters. The van der Waals surface area contributed by atoms with Gasteiger partial charge in [0.2, 0.25) is 11.9 Å². The van der Waals surface area contributed by atoms with Crippen LogP contribution in [0.3, 0.4) is 0 Å². The van der Waals surface area contributed by atoms with Crippen molar-refractivity contribution in [1.29, 1.82) is 0 Å². The van der Waals surface area contributed by atoms with Crippen molar-refractivity contribution in [3.63, 3.8) is 0 Å². The highest BCUT2D eigenvalue weighted by atomic mass is 35.5. The molecule has 0 bridgehead atoms. The van der Waals surface area contributed by atoms with Crippen LogP contribution in [0.5, 0.6) is 0 Å². The molecule has 2 N–H and O–H groups in total. The van der Waals surface area contributed by atoms with Gasteiger partial charge in [0.1, 0.15) is 6.04 Å². The van der Waals surface area contributed by atoms with Crippen molar-refractivity contribution < 1.29 is 9.59 Å². The number of rotatable bonds is 7. The summed E-state index contributed by atoms with van der Waals surface area (Å²) in [7, 11) is 0. The van der Waals surface area contributed by atoms with E-state index >= 15 is 0 Å². The van der Waals surface area contributed by atoms with Crippen LogP contribution < -0.4 is 15.5 Å². The first-order valence-corrected chi connectivity index (χ1v) is 11.9. The van der Waals surface area contributed by atoms with Gasteiger partial charge in [-0.1, -0.05) is 41.9 Å². The minimum absolute atomic E-state index is 0.227. The summed E-state index contributed by atoms with van der Waals surface area (Å²) in [5.41, 5.74) is 2.69. The maximum absolute atomic E-state index is 13.0. The van der Waals surface area contributed by atoms with Crippen LogP contribution in [0.2, 0.25) is 5.02 Å². The fraction of sp³-hybridized carbons (Fsp3) is 0.318. The van der Waals surface area contributed by atoms with Crippen LogP contribution in [-0.2, 0) is 17.9 Å². The summed E-state index contributed by atoms with van der Waals surface area (Å²) in [5.74, 6) is 1.14. The van der Waals surface area contributed by atoms with Crippen molar-refractivity contribution in [1.82, 2.24) is 20.2 Å². The third-order valence-corrected chi connectivity index (χ3v) is 6.32. The lowest BCUT2D eigenvalue weighted by molar-refractivity contribution is -0.123. The summed E-state index contributed by atoms with van der Waals surface area (Å²) >= 11 is 7.82. The van der Waals surface area contributed by atoms with Crippen LogP contribution >= 0.6 is 23.4 Å². The second-order valence-electron chi connectivity index (χ2n) is 7.30. The fourth-order valence-corrected chi connectivity index (χ4v) is 4.33. The molecule has 0 saturated carbocycles. The molecule has 0 saturated heterocycles.